The van der Waals surface area contributed by atoms with E-state index in [1.807, 2.05) is 25.1 Å². The van der Waals surface area contributed by atoms with Crippen molar-refractivity contribution < 1.29 is 13.2 Å². The van der Waals surface area contributed by atoms with Crippen molar-refractivity contribution in [2.75, 3.05) is 7.05 Å². The SMILES string of the molecule is CNS(=O)(=O)c1ccc(CCC(=O)NC(C)c2ccccc2Cl)cc1. The molecule has 134 valence electrons. The maximum atomic E-state index is 12.1. The summed E-state index contributed by atoms with van der Waals surface area (Å²) in [7, 11) is -2.07. The normalized spacial score (nSPS) is 12.6. The number of amides is 1. The summed E-state index contributed by atoms with van der Waals surface area (Å²) in [6, 6.07) is 13.7. The fourth-order valence-electron chi connectivity index (χ4n) is 2.43. The van der Waals surface area contributed by atoms with Gasteiger partial charge >= 0.3 is 0 Å². The Bertz CT molecular complexity index is 836. The monoisotopic (exact) mass is 380 g/mol. The van der Waals surface area contributed by atoms with E-state index in [0.717, 1.165) is 11.1 Å². The van der Waals surface area contributed by atoms with Gasteiger partial charge in [0.2, 0.25) is 15.9 Å². The number of hydrogen-bond donors (Lipinski definition) is 2. The molecule has 0 saturated carbocycles. The van der Waals surface area contributed by atoms with E-state index < -0.39 is 10.0 Å². The van der Waals surface area contributed by atoms with Gasteiger partial charge in [-0.05, 0) is 49.7 Å². The van der Waals surface area contributed by atoms with Gasteiger partial charge in [0.05, 0.1) is 10.9 Å². The zero-order chi connectivity index (χ0) is 18.4. The highest BCUT2D eigenvalue weighted by Gasteiger charge is 2.13. The predicted molar refractivity (Wildman–Crippen MR) is 99.0 cm³/mol. The van der Waals surface area contributed by atoms with Crippen molar-refractivity contribution in [1.29, 1.82) is 0 Å². The molecule has 0 aromatic heterocycles. The Morgan fingerprint density at radius 2 is 1.76 bits per heavy atom. The van der Waals surface area contributed by atoms with E-state index in [0.29, 0.717) is 17.9 Å². The summed E-state index contributed by atoms with van der Waals surface area (Å²) < 4.78 is 25.6. The average molecular weight is 381 g/mol. The largest absolute Gasteiger partial charge is 0.350 e. The van der Waals surface area contributed by atoms with E-state index >= 15 is 0 Å². The number of carbonyl (C=O) groups is 1. The van der Waals surface area contributed by atoms with Crippen molar-refractivity contribution in [2.24, 2.45) is 0 Å². The molecule has 0 heterocycles. The maximum Gasteiger partial charge on any atom is 0.240 e. The van der Waals surface area contributed by atoms with Gasteiger partial charge in [-0.1, -0.05) is 41.9 Å². The first-order valence-electron chi connectivity index (χ1n) is 7.90. The number of sulfonamides is 1. The minimum atomic E-state index is -3.44. The molecule has 0 aliphatic carbocycles. The Balaban J connectivity index is 1.91. The summed E-state index contributed by atoms with van der Waals surface area (Å²) in [5.41, 5.74) is 1.77. The van der Waals surface area contributed by atoms with E-state index in [4.69, 9.17) is 11.6 Å². The quantitative estimate of drug-likeness (QED) is 0.775. The lowest BCUT2D eigenvalue weighted by Crippen LogP contribution is -2.27. The highest BCUT2D eigenvalue weighted by atomic mass is 35.5. The lowest BCUT2D eigenvalue weighted by atomic mass is 10.1. The molecule has 2 rings (SSSR count). The number of hydrogen-bond acceptors (Lipinski definition) is 3. The van der Waals surface area contributed by atoms with Crippen LogP contribution in [0.5, 0.6) is 0 Å². The first kappa shape index (κ1) is 19.4. The summed E-state index contributed by atoms with van der Waals surface area (Å²) in [6.07, 6.45) is 0.841. The van der Waals surface area contributed by atoms with Crippen molar-refractivity contribution in [3.05, 3.63) is 64.7 Å². The van der Waals surface area contributed by atoms with Crippen LogP contribution in [-0.4, -0.2) is 21.4 Å². The zero-order valence-corrected chi connectivity index (χ0v) is 15.7. The van der Waals surface area contributed by atoms with Crippen LogP contribution in [0, 0.1) is 0 Å². The molecule has 2 aromatic carbocycles. The van der Waals surface area contributed by atoms with E-state index in [-0.39, 0.29) is 16.8 Å². The molecule has 7 heteroatoms. The summed E-state index contributed by atoms with van der Waals surface area (Å²) in [5, 5.41) is 3.54. The summed E-state index contributed by atoms with van der Waals surface area (Å²) in [5.74, 6) is -0.0839. The standard InChI is InChI=1S/C18H21ClN2O3S/c1-13(16-5-3-4-6-17(16)19)21-18(22)12-9-14-7-10-15(11-8-14)25(23,24)20-2/h3-8,10-11,13,20H,9,12H2,1-2H3,(H,21,22). The average Bonchev–Trinajstić information content (AvgIpc) is 2.60. The molecule has 0 radical (unpaired) electrons. The van der Waals surface area contributed by atoms with Crippen LogP contribution in [0.1, 0.15) is 30.5 Å². The lowest BCUT2D eigenvalue weighted by molar-refractivity contribution is -0.121. The summed E-state index contributed by atoms with van der Waals surface area (Å²) in [6.45, 7) is 1.89. The highest BCUT2D eigenvalue weighted by Crippen LogP contribution is 2.22. The van der Waals surface area contributed by atoms with Gasteiger partial charge in [-0.25, -0.2) is 13.1 Å². The fraction of sp³-hybridized carbons (Fsp3) is 0.278. The zero-order valence-electron chi connectivity index (χ0n) is 14.1. The van der Waals surface area contributed by atoms with Crippen molar-refractivity contribution in [1.82, 2.24) is 10.0 Å². The maximum absolute atomic E-state index is 12.1. The third-order valence-electron chi connectivity index (χ3n) is 3.89. The Kier molecular flexibility index (Phi) is 6.58. The summed E-state index contributed by atoms with van der Waals surface area (Å²) in [4.78, 5) is 12.3. The number of halogens is 1. The molecule has 2 aromatic rings. The molecule has 0 bridgehead atoms. The second-order valence-corrected chi connectivity index (χ2v) is 7.96. The van der Waals surface area contributed by atoms with Crippen LogP contribution in [0.4, 0.5) is 0 Å². The van der Waals surface area contributed by atoms with Crippen LogP contribution in [0.25, 0.3) is 0 Å². The molecular formula is C18H21ClN2O3S. The molecule has 1 atom stereocenters. The first-order valence-corrected chi connectivity index (χ1v) is 9.76. The Morgan fingerprint density at radius 1 is 1.12 bits per heavy atom. The van der Waals surface area contributed by atoms with Gasteiger partial charge in [0.25, 0.3) is 0 Å². The van der Waals surface area contributed by atoms with E-state index in [1.54, 1.807) is 18.2 Å². The molecule has 0 aliphatic heterocycles. The Morgan fingerprint density at radius 3 is 2.36 bits per heavy atom. The van der Waals surface area contributed by atoms with Crippen LogP contribution >= 0.6 is 11.6 Å². The Labute approximate surface area is 153 Å². The molecule has 0 aliphatic rings. The van der Waals surface area contributed by atoms with Gasteiger partial charge in [-0.3, -0.25) is 4.79 Å². The number of carbonyl (C=O) groups excluding carboxylic acids is 1. The minimum Gasteiger partial charge on any atom is -0.350 e. The van der Waals surface area contributed by atoms with Gasteiger partial charge in [0.15, 0.2) is 0 Å². The second kappa shape index (κ2) is 8.47. The van der Waals surface area contributed by atoms with E-state index in [9.17, 15) is 13.2 Å². The molecule has 0 fully saturated rings. The van der Waals surface area contributed by atoms with Gasteiger partial charge in [-0.2, -0.15) is 0 Å². The molecule has 1 unspecified atom stereocenters. The second-order valence-electron chi connectivity index (χ2n) is 5.66. The summed E-state index contributed by atoms with van der Waals surface area (Å²) >= 11 is 6.13. The van der Waals surface area contributed by atoms with Crippen LogP contribution in [0.2, 0.25) is 5.02 Å². The van der Waals surface area contributed by atoms with E-state index in [2.05, 4.69) is 10.0 Å². The molecule has 25 heavy (non-hydrogen) atoms. The molecule has 0 saturated heterocycles. The van der Waals surface area contributed by atoms with Crippen molar-refractivity contribution >= 4 is 27.5 Å². The van der Waals surface area contributed by atoms with Crippen LogP contribution in [0.15, 0.2) is 53.4 Å². The molecular weight excluding hydrogens is 360 g/mol. The first-order chi connectivity index (χ1) is 11.8. The third-order valence-corrected chi connectivity index (χ3v) is 5.67. The minimum absolute atomic E-state index is 0.0839. The molecule has 5 nitrogen and oxygen atoms in total. The van der Waals surface area contributed by atoms with Crippen molar-refractivity contribution in [3.8, 4) is 0 Å². The lowest BCUT2D eigenvalue weighted by Gasteiger charge is -2.15. The number of benzene rings is 2. The van der Waals surface area contributed by atoms with Gasteiger partial charge in [-0.15, -0.1) is 0 Å². The molecule has 2 N–H and O–H groups in total. The Hall–Kier alpha value is -1.89. The predicted octanol–water partition coefficient (Wildman–Crippen LogP) is 3.06. The molecule has 0 spiro atoms. The molecule has 1 amide bonds. The van der Waals surface area contributed by atoms with Crippen molar-refractivity contribution in [2.45, 2.75) is 30.7 Å². The van der Waals surface area contributed by atoms with E-state index in [1.165, 1.54) is 19.2 Å². The topological polar surface area (TPSA) is 75.3 Å². The highest BCUT2D eigenvalue weighted by molar-refractivity contribution is 7.89. The van der Waals surface area contributed by atoms with Gasteiger partial charge < -0.3 is 5.32 Å². The number of nitrogens with one attached hydrogen (secondary N) is 2. The van der Waals surface area contributed by atoms with Crippen LogP contribution < -0.4 is 10.0 Å². The number of aryl methyl sites for hydroxylation is 1. The smallest absolute Gasteiger partial charge is 0.240 e. The van der Waals surface area contributed by atoms with Crippen LogP contribution in [-0.2, 0) is 21.2 Å². The van der Waals surface area contributed by atoms with Gasteiger partial charge in [0.1, 0.15) is 0 Å². The number of rotatable bonds is 7. The van der Waals surface area contributed by atoms with Crippen molar-refractivity contribution in [3.63, 3.8) is 0 Å². The van der Waals surface area contributed by atoms with Crippen LogP contribution in [0.3, 0.4) is 0 Å². The third kappa shape index (κ3) is 5.29. The van der Waals surface area contributed by atoms with Gasteiger partial charge in [0, 0.05) is 11.4 Å². The fourth-order valence-corrected chi connectivity index (χ4v) is 3.46.